The minimum absolute atomic E-state index is 0.0453. The van der Waals surface area contributed by atoms with Gasteiger partial charge in [0.25, 0.3) is 0 Å². The van der Waals surface area contributed by atoms with E-state index in [-0.39, 0.29) is 20.9 Å². The number of aliphatic hydroxyl groups is 1. The predicted octanol–water partition coefficient (Wildman–Crippen LogP) is 2.38. The molecular weight excluding hydrogens is 309 g/mol. The quantitative estimate of drug-likeness (QED) is 0.929. The highest BCUT2D eigenvalue weighted by atomic mass is 35.5. The van der Waals surface area contributed by atoms with E-state index in [9.17, 15) is 13.5 Å². The normalized spacial score (nSPS) is 22.6. The number of hydrogen-bond acceptors (Lipinski definition) is 3. The van der Waals surface area contributed by atoms with Gasteiger partial charge < -0.3 is 5.11 Å². The summed E-state index contributed by atoms with van der Waals surface area (Å²) in [7, 11) is -3.71. The first-order valence-corrected chi connectivity index (χ1v) is 8.16. The zero-order valence-electron chi connectivity index (χ0n) is 10.4. The molecule has 1 N–H and O–H groups in total. The third kappa shape index (κ3) is 2.90. The van der Waals surface area contributed by atoms with Crippen LogP contribution in [-0.4, -0.2) is 37.0 Å². The number of rotatable bonds is 3. The van der Waals surface area contributed by atoms with Gasteiger partial charge in [0, 0.05) is 13.1 Å². The zero-order valence-corrected chi connectivity index (χ0v) is 12.7. The van der Waals surface area contributed by atoms with Crippen LogP contribution in [-0.2, 0) is 10.0 Å². The molecule has 1 fully saturated rings. The van der Waals surface area contributed by atoms with Gasteiger partial charge in [-0.3, -0.25) is 0 Å². The molecule has 2 unspecified atom stereocenters. The van der Waals surface area contributed by atoms with Crippen LogP contribution in [0.15, 0.2) is 23.1 Å². The molecule has 1 saturated heterocycles. The van der Waals surface area contributed by atoms with Crippen LogP contribution in [0.2, 0.25) is 10.0 Å². The lowest BCUT2D eigenvalue weighted by molar-refractivity contribution is 0.133. The number of sulfonamides is 1. The van der Waals surface area contributed by atoms with Gasteiger partial charge in [0.05, 0.1) is 16.1 Å². The molecule has 0 bridgehead atoms. The lowest BCUT2D eigenvalue weighted by Gasteiger charge is -2.19. The van der Waals surface area contributed by atoms with Gasteiger partial charge in [0.15, 0.2) is 0 Å². The molecule has 106 valence electrons. The maximum Gasteiger partial charge on any atom is 0.246 e. The van der Waals surface area contributed by atoms with Gasteiger partial charge in [-0.15, -0.1) is 0 Å². The van der Waals surface area contributed by atoms with Gasteiger partial charge in [0.2, 0.25) is 10.0 Å². The molecule has 0 radical (unpaired) electrons. The molecule has 19 heavy (non-hydrogen) atoms. The summed E-state index contributed by atoms with van der Waals surface area (Å²) in [6.07, 6.45) is 0.112. The van der Waals surface area contributed by atoms with Crippen LogP contribution in [0.1, 0.15) is 13.3 Å². The van der Waals surface area contributed by atoms with Crippen molar-refractivity contribution < 1.29 is 13.5 Å². The van der Waals surface area contributed by atoms with Crippen molar-refractivity contribution in [1.82, 2.24) is 4.31 Å². The van der Waals surface area contributed by atoms with Crippen molar-refractivity contribution in [2.75, 3.05) is 13.1 Å². The Hall–Kier alpha value is -0.330. The summed E-state index contributed by atoms with van der Waals surface area (Å²) in [5.74, 6) is -0.0453. The Morgan fingerprint density at radius 2 is 1.95 bits per heavy atom. The third-order valence-electron chi connectivity index (χ3n) is 3.39. The Bertz CT molecular complexity index is 554. The highest BCUT2D eigenvalue weighted by Gasteiger charge is 2.36. The van der Waals surface area contributed by atoms with Crippen molar-refractivity contribution >= 4 is 33.2 Å². The topological polar surface area (TPSA) is 57.6 Å². The molecule has 0 amide bonds. The van der Waals surface area contributed by atoms with Crippen LogP contribution in [0.4, 0.5) is 0 Å². The second-order valence-electron chi connectivity index (χ2n) is 4.70. The minimum atomic E-state index is -3.71. The molecule has 0 spiro atoms. The van der Waals surface area contributed by atoms with Crippen LogP contribution >= 0.6 is 23.2 Å². The summed E-state index contributed by atoms with van der Waals surface area (Å²) in [6.45, 7) is 2.34. The van der Waals surface area contributed by atoms with E-state index >= 15 is 0 Å². The Morgan fingerprint density at radius 1 is 1.37 bits per heavy atom. The lowest BCUT2D eigenvalue weighted by atomic mass is 10.0. The fourth-order valence-electron chi connectivity index (χ4n) is 2.22. The smallest absolute Gasteiger partial charge is 0.246 e. The molecule has 4 nitrogen and oxygen atoms in total. The van der Waals surface area contributed by atoms with E-state index in [0.29, 0.717) is 19.5 Å². The van der Waals surface area contributed by atoms with E-state index in [2.05, 4.69) is 0 Å². The summed E-state index contributed by atoms with van der Waals surface area (Å²) in [5.41, 5.74) is 0. The monoisotopic (exact) mass is 323 g/mol. The first-order valence-electron chi connectivity index (χ1n) is 5.96. The zero-order chi connectivity index (χ0) is 14.2. The van der Waals surface area contributed by atoms with E-state index < -0.39 is 16.1 Å². The van der Waals surface area contributed by atoms with Gasteiger partial charge in [0.1, 0.15) is 4.90 Å². The molecule has 0 aromatic heterocycles. The fraction of sp³-hybridized carbons (Fsp3) is 0.500. The minimum Gasteiger partial charge on any atom is -0.393 e. The van der Waals surface area contributed by atoms with E-state index in [1.54, 1.807) is 13.0 Å². The summed E-state index contributed by atoms with van der Waals surface area (Å²) >= 11 is 11.9. The second kappa shape index (κ2) is 5.58. The molecule has 2 atom stereocenters. The Labute approximate surface area is 123 Å². The fourth-order valence-corrected chi connectivity index (χ4v) is 4.83. The van der Waals surface area contributed by atoms with E-state index in [4.69, 9.17) is 23.2 Å². The number of halogens is 2. The molecule has 1 aromatic carbocycles. The number of aliphatic hydroxyl groups excluding tert-OH is 1. The van der Waals surface area contributed by atoms with Gasteiger partial charge in [-0.25, -0.2) is 8.42 Å². The third-order valence-corrected chi connectivity index (χ3v) is 6.21. The predicted molar refractivity (Wildman–Crippen MR) is 75.0 cm³/mol. The molecule has 0 aliphatic carbocycles. The molecule has 7 heteroatoms. The summed E-state index contributed by atoms with van der Waals surface area (Å²) in [5, 5.41) is 9.78. The van der Waals surface area contributed by atoms with E-state index in [1.165, 1.54) is 16.4 Å². The molecule has 1 heterocycles. The highest BCUT2D eigenvalue weighted by Crippen LogP contribution is 2.34. The van der Waals surface area contributed by atoms with Crippen molar-refractivity contribution in [3.8, 4) is 0 Å². The largest absolute Gasteiger partial charge is 0.393 e. The van der Waals surface area contributed by atoms with Gasteiger partial charge in [-0.2, -0.15) is 4.31 Å². The summed E-state index contributed by atoms with van der Waals surface area (Å²) in [6, 6.07) is 4.61. The first-order chi connectivity index (χ1) is 8.84. The van der Waals surface area contributed by atoms with Crippen molar-refractivity contribution in [3.63, 3.8) is 0 Å². The van der Waals surface area contributed by atoms with Crippen LogP contribution in [0.25, 0.3) is 0 Å². The summed E-state index contributed by atoms with van der Waals surface area (Å²) < 4.78 is 26.4. The van der Waals surface area contributed by atoms with Crippen LogP contribution in [0, 0.1) is 5.92 Å². The SMILES string of the molecule is CC(O)C1CCN(S(=O)(=O)c2c(Cl)cccc2Cl)C1. The first kappa shape index (κ1) is 15.1. The lowest BCUT2D eigenvalue weighted by Crippen LogP contribution is -2.30. The number of hydrogen-bond donors (Lipinski definition) is 1. The second-order valence-corrected chi connectivity index (χ2v) is 7.39. The van der Waals surface area contributed by atoms with Crippen molar-refractivity contribution in [3.05, 3.63) is 28.2 Å². The van der Waals surface area contributed by atoms with Crippen molar-refractivity contribution in [2.45, 2.75) is 24.3 Å². The van der Waals surface area contributed by atoms with E-state index in [1.807, 2.05) is 0 Å². The van der Waals surface area contributed by atoms with Crippen LogP contribution in [0.3, 0.4) is 0 Å². The van der Waals surface area contributed by atoms with E-state index in [0.717, 1.165) is 0 Å². The Morgan fingerprint density at radius 3 is 2.42 bits per heavy atom. The van der Waals surface area contributed by atoms with Gasteiger partial charge in [-0.1, -0.05) is 29.3 Å². The highest BCUT2D eigenvalue weighted by molar-refractivity contribution is 7.89. The summed E-state index contributed by atoms with van der Waals surface area (Å²) in [4.78, 5) is -0.0513. The molecule has 2 rings (SSSR count). The molecule has 1 aliphatic rings. The standard InChI is InChI=1S/C12H15Cl2NO3S/c1-8(16)9-5-6-15(7-9)19(17,18)12-10(13)3-2-4-11(12)14/h2-4,8-9,16H,5-7H2,1H3. The van der Waals surface area contributed by atoms with Crippen LogP contribution < -0.4 is 0 Å². The van der Waals surface area contributed by atoms with Gasteiger partial charge >= 0.3 is 0 Å². The Kier molecular flexibility index (Phi) is 4.42. The molecular formula is C12H15Cl2NO3S. The van der Waals surface area contributed by atoms with Crippen molar-refractivity contribution in [2.24, 2.45) is 5.92 Å². The average Bonchev–Trinajstić information content (AvgIpc) is 2.78. The number of nitrogens with zero attached hydrogens (tertiary/aromatic N) is 1. The maximum absolute atomic E-state index is 12.5. The molecule has 0 saturated carbocycles. The molecule has 1 aromatic rings. The number of benzene rings is 1. The Balaban J connectivity index is 2.34. The average molecular weight is 324 g/mol. The molecule has 1 aliphatic heterocycles. The maximum atomic E-state index is 12.5. The van der Waals surface area contributed by atoms with Crippen molar-refractivity contribution in [1.29, 1.82) is 0 Å². The van der Waals surface area contributed by atoms with Gasteiger partial charge in [-0.05, 0) is 31.4 Å². The van der Waals surface area contributed by atoms with Crippen LogP contribution in [0.5, 0.6) is 0 Å².